The molecular formula is C13H17NO5S. The topological polar surface area (TPSA) is 91.8 Å². The van der Waals surface area contributed by atoms with Gasteiger partial charge in [-0.05, 0) is 31.2 Å². The van der Waals surface area contributed by atoms with Gasteiger partial charge in [-0.15, -0.1) is 0 Å². The maximum Gasteiger partial charge on any atom is 0.335 e. The summed E-state index contributed by atoms with van der Waals surface area (Å²) >= 11 is 0. The average molecular weight is 299 g/mol. The number of carboxylic acid groups (broad SMARTS) is 1. The molecule has 110 valence electrons. The monoisotopic (exact) mass is 299 g/mol. The van der Waals surface area contributed by atoms with Gasteiger partial charge in [-0.25, -0.2) is 13.2 Å². The lowest BCUT2D eigenvalue weighted by Gasteiger charge is -2.24. The number of nitrogens with zero attached hydrogens (tertiary/aromatic N) is 1. The first-order valence-corrected chi connectivity index (χ1v) is 7.96. The molecule has 0 saturated carbocycles. The summed E-state index contributed by atoms with van der Waals surface area (Å²) in [5.74, 6) is -1.54. The third-order valence-corrected chi connectivity index (χ3v) is 3.99. The molecule has 0 aliphatic heterocycles. The largest absolute Gasteiger partial charge is 0.478 e. The normalized spacial score (nSPS) is 12.8. The molecule has 0 aliphatic carbocycles. The Morgan fingerprint density at radius 3 is 2.05 bits per heavy atom. The maximum absolute atomic E-state index is 12.1. The van der Waals surface area contributed by atoms with Crippen molar-refractivity contribution < 1.29 is 23.1 Å². The van der Waals surface area contributed by atoms with Crippen LogP contribution in [-0.2, 0) is 9.84 Å². The number of hydrogen-bond acceptors (Lipinski definition) is 4. The van der Waals surface area contributed by atoms with Crippen molar-refractivity contribution >= 4 is 21.7 Å². The van der Waals surface area contributed by atoms with Crippen LogP contribution in [0, 0.1) is 0 Å². The van der Waals surface area contributed by atoms with Gasteiger partial charge in [0.05, 0.1) is 11.3 Å². The second-order valence-corrected chi connectivity index (χ2v) is 6.92. The van der Waals surface area contributed by atoms with Crippen molar-refractivity contribution in [2.45, 2.75) is 13.0 Å². The molecule has 20 heavy (non-hydrogen) atoms. The quantitative estimate of drug-likeness (QED) is 0.871. The van der Waals surface area contributed by atoms with E-state index in [9.17, 15) is 18.0 Å². The van der Waals surface area contributed by atoms with E-state index in [1.165, 1.54) is 36.2 Å². The van der Waals surface area contributed by atoms with E-state index in [2.05, 4.69) is 0 Å². The first kappa shape index (κ1) is 16.2. The highest BCUT2D eigenvalue weighted by Gasteiger charge is 2.21. The number of carbonyl (C=O) groups is 2. The second-order valence-electron chi connectivity index (χ2n) is 4.74. The van der Waals surface area contributed by atoms with Crippen molar-refractivity contribution in [2.24, 2.45) is 0 Å². The number of rotatable bonds is 5. The van der Waals surface area contributed by atoms with E-state index in [0.717, 1.165) is 6.26 Å². The number of amides is 1. The minimum absolute atomic E-state index is 0.0911. The first-order valence-electron chi connectivity index (χ1n) is 5.90. The first-order chi connectivity index (χ1) is 9.11. The van der Waals surface area contributed by atoms with Gasteiger partial charge in [-0.3, -0.25) is 4.79 Å². The van der Waals surface area contributed by atoms with Crippen LogP contribution in [0.5, 0.6) is 0 Å². The van der Waals surface area contributed by atoms with Crippen molar-refractivity contribution in [3.8, 4) is 0 Å². The zero-order valence-electron chi connectivity index (χ0n) is 11.5. The van der Waals surface area contributed by atoms with Gasteiger partial charge in [0.15, 0.2) is 0 Å². The van der Waals surface area contributed by atoms with Crippen molar-refractivity contribution in [1.82, 2.24) is 4.90 Å². The van der Waals surface area contributed by atoms with E-state index >= 15 is 0 Å². The maximum atomic E-state index is 12.1. The van der Waals surface area contributed by atoms with Gasteiger partial charge in [-0.1, -0.05) is 0 Å². The Kier molecular flexibility index (Phi) is 4.88. The average Bonchev–Trinajstić information content (AvgIpc) is 2.35. The van der Waals surface area contributed by atoms with E-state index < -0.39 is 21.8 Å². The molecule has 1 aromatic carbocycles. The Hall–Kier alpha value is -1.89. The highest BCUT2D eigenvalue weighted by molar-refractivity contribution is 7.90. The zero-order valence-corrected chi connectivity index (χ0v) is 12.3. The van der Waals surface area contributed by atoms with Gasteiger partial charge >= 0.3 is 5.97 Å². The number of carbonyl (C=O) groups excluding carboxylic acids is 1. The van der Waals surface area contributed by atoms with E-state index in [-0.39, 0.29) is 17.2 Å². The number of carboxylic acids is 1. The fourth-order valence-electron chi connectivity index (χ4n) is 1.71. The van der Waals surface area contributed by atoms with Gasteiger partial charge in [0, 0.05) is 24.9 Å². The number of aromatic carboxylic acids is 1. The van der Waals surface area contributed by atoms with Crippen LogP contribution < -0.4 is 0 Å². The van der Waals surface area contributed by atoms with E-state index in [4.69, 9.17) is 5.11 Å². The molecule has 1 N–H and O–H groups in total. The zero-order chi connectivity index (χ0) is 15.5. The van der Waals surface area contributed by atoms with E-state index in [1.54, 1.807) is 6.92 Å². The third kappa shape index (κ3) is 4.34. The van der Waals surface area contributed by atoms with E-state index in [1.807, 2.05) is 0 Å². The molecule has 0 aliphatic rings. The minimum Gasteiger partial charge on any atom is -0.478 e. The molecule has 0 bridgehead atoms. The van der Waals surface area contributed by atoms with E-state index in [0.29, 0.717) is 5.56 Å². The Morgan fingerprint density at radius 2 is 1.65 bits per heavy atom. The molecular weight excluding hydrogens is 282 g/mol. The molecule has 1 atom stereocenters. The molecule has 0 heterocycles. The molecule has 1 unspecified atom stereocenters. The number of sulfone groups is 1. The van der Waals surface area contributed by atoms with Crippen LogP contribution in [0.2, 0.25) is 0 Å². The Morgan fingerprint density at radius 1 is 1.20 bits per heavy atom. The van der Waals surface area contributed by atoms with Crippen LogP contribution in [-0.4, -0.2) is 55.4 Å². The molecule has 1 amide bonds. The second kappa shape index (κ2) is 6.04. The Bertz CT molecular complexity index is 606. The molecule has 1 rings (SSSR count). The smallest absolute Gasteiger partial charge is 0.335 e. The number of hydrogen-bond donors (Lipinski definition) is 1. The van der Waals surface area contributed by atoms with Crippen molar-refractivity contribution in [2.75, 3.05) is 19.1 Å². The van der Waals surface area contributed by atoms with Crippen molar-refractivity contribution in [3.05, 3.63) is 35.4 Å². The highest BCUT2D eigenvalue weighted by Crippen LogP contribution is 2.10. The molecule has 0 spiro atoms. The predicted octanol–water partition coefficient (Wildman–Crippen LogP) is 0.890. The summed E-state index contributed by atoms with van der Waals surface area (Å²) in [6.07, 6.45) is 1.11. The lowest BCUT2D eigenvalue weighted by atomic mass is 10.1. The van der Waals surface area contributed by atoms with Crippen LogP contribution in [0.25, 0.3) is 0 Å². The summed E-state index contributed by atoms with van der Waals surface area (Å²) in [4.78, 5) is 24.2. The van der Waals surface area contributed by atoms with Crippen LogP contribution in [0.4, 0.5) is 0 Å². The van der Waals surface area contributed by atoms with Crippen LogP contribution >= 0.6 is 0 Å². The van der Waals surface area contributed by atoms with Gasteiger partial charge < -0.3 is 10.0 Å². The van der Waals surface area contributed by atoms with Crippen LogP contribution in [0.1, 0.15) is 27.6 Å². The van der Waals surface area contributed by atoms with Gasteiger partial charge in [0.2, 0.25) is 0 Å². The van der Waals surface area contributed by atoms with Gasteiger partial charge in [0.25, 0.3) is 5.91 Å². The summed E-state index contributed by atoms with van der Waals surface area (Å²) in [7, 11) is -1.66. The Balaban J connectivity index is 2.86. The third-order valence-electron chi connectivity index (χ3n) is 2.90. The SMILES string of the molecule is CC(CS(C)(=O)=O)N(C)C(=O)c1ccc(C(=O)O)cc1. The van der Waals surface area contributed by atoms with Gasteiger partial charge in [-0.2, -0.15) is 0 Å². The summed E-state index contributed by atoms with van der Waals surface area (Å²) in [6.45, 7) is 1.64. The summed E-state index contributed by atoms with van der Waals surface area (Å²) < 4.78 is 22.4. The fourth-order valence-corrected chi connectivity index (χ4v) is 2.81. The predicted molar refractivity (Wildman–Crippen MR) is 74.7 cm³/mol. The summed E-state index contributed by atoms with van der Waals surface area (Å²) in [5.41, 5.74) is 0.409. The lowest BCUT2D eigenvalue weighted by molar-refractivity contribution is 0.0693. The molecule has 0 aromatic heterocycles. The molecule has 0 radical (unpaired) electrons. The molecule has 0 fully saturated rings. The van der Waals surface area contributed by atoms with Crippen molar-refractivity contribution in [1.29, 1.82) is 0 Å². The Labute approximate surface area is 117 Å². The van der Waals surface area contributed by atoms with Crippen LogP contribution in [0.3, 0.4) is 0 Å². The van der Waals surface area contributed by atoms with Crippen LogP contribution in [0.15, 0.2) is 24.3 Å². The standard InChI is InChI=1S/C13H17NO5S/c1-9(8-20(3,18)19)14(2)12(15)10-4-6-11(7-5-10)13(16)17/h4-7,9H,8H2,1-3H3,(H,16,17). The summed E-state index contributed by atoms with van der Waals surface area (Å²) in [5, 5.41) is 8.78. The minimum atomic E-state index is -3.17. The van der Waals surface area contributed by atoms with Crippen molar-refractivity contribution in [3.63, 3.8) is 0 Å². The lowest BCUT2D eigenvalue weighted by Crippen LogP contribution is -2.39. The highest BCUT2D eigenvalue weighted by atomic mass is 32.2. The number of benzene rings is 1. The molecule has 6 nitrogen and oxygen atoms in total. The van der Waals surface area contributed by atoms with Gasteiger partial charge in [0.1, 0.15) is 9.84 Å². The summed E-state index contributed by atoms with van der Waals surface area (Å²) in [6, 6.07) is 5.04. The molecule has 7 heteroatoms. The molecule has 1 aromatic rings. The molecule has 0 saturated heterocycles. The fraction of sp³-hybridized carbons (Fsp3) is 0.385.